The van der Waals surface area contributed by atoms with Gasteiger partial charge in [-0.2, -0.15) is 0 Å². The molecule has 0 radical (unpaired) electrons. The van der Waals surface area contributed by atoms with Crippen LogP contribution in [0.15, 0.2) is 47.1 Å². The number of furan rings is 1. The van der Waals surface area contributed by atoms with Crippen molar-refractivity contribution in [1.82, 2.24) is 5.32 Å². The van der Waals surface area contributed by atoms with Crippen LogP contribution in [0.4, 0.5) is 4.39 Å². The Morgan fingerprint density at radius 2 is 2.26 bits per heavy atom. The van der Waals surface area contributed by atoms with Gasteiger partial charge in [-0.1, -0.05) is 6.07 Å². The van der Waals surface area contributed by atoms with Crippen LogP contribution in [0.5, 0.6) is 5.75 Å². The first-order valence-electron chi connectivity index (χ1n) is 5.86. The molecule has 100 valence electrons. The lowest BCUT2D eigenvalue weighted by atomic mass is 10.2. The number of benzene rings is 1. The number of amides is 1. The highest BCUT2D eigenvalue weighted by Crippen LogP contribution is 2.13. The van der Waals surface area contributed by atoms with Gasteiger partial charge in [-0.15, -0.1) is 0 Å². The molecule has 1 aromatic carbocycles. The average molecular weight is 263 g/mol. The Labute approximate surface area is 110 Å². The number of hydrogen-bond acceptors (Lipinski definition) is 3. The molecule has 1 N–H and O–H groups in total. The Kier molecular flexibility index (Phi) is 4.18. The van der Waals surface area contributed by atoms with E-state index in [2.05, 4.69) is 5.32 Å². The van der Waals surface area contributed by atoms with Crippen LogP contribution in [-0.2, 0) is 4.79 Å². The predicted octanol–water partition coefficient (Wildman–Crippen LogP) is 2.67. The summed E-state index contributed by atoms with van der Waals surface area (Å²) in [5.74, 6) is 0.287. The van der Waals surface area contributed by atoms with Gasteiger partial charge < -0.3 is 14.5 Å². The molecule has 2 aromatic rings. The number of carbonyl (C=O) groups is 1. The standard InChI is InChI=1S/C14H14FNO3/c1-10(13-6-3-7-18-13)16-14(17)9-19-12-5-2-4-11(15)8-12/h2-8,10H,9H2,1H3,(H,16,17)/t10-/m0/s1. The second-order valence-corrected chi connectivity index (χ2v) is 4.05. The van der Waals surface area contributed by atoms with Crippen LogP contribution in [-0.4, -0.2) is 12.5 Å². The van der Waals surface area contributed by atoms with Crippen LogP contribution < -0.4 is 10.1 Å². The van der Waals surface area contributed by atoms with Crippen LogP contribution >= 0.6 is 0 Å². The molecule has 0 aliphatic rings. The SMILES string of the molecule is C[C@H](NC(=O)COc1cccc(F)c1)c1ccco1. The number of halogens is 1. The smallest absolute Gasteiger partial charge is 0.258 e. The van der Waals surface area contributed by atoms with Gasteiger partial charge in [0, 0.05) is 6.07 Å². The highest BCUT2D eigenvalue weighted by atomic mass is 19.1. The fourth-order valence-electron chi connectivity index (χ4n) is 1.60. The van der Waals surface area contributed by atoms with Crippen molar-refractivity contribution in [2.75, 3.05) is 6.61 Å². The molecule has 0 saturated carbocycles. The minimum Gasteiger partial charge on any atom is -0.484 e. The van der Waals surface area contributed by atoms with Gasteiger partial charge in [0.15, 0.2) is 6.61 Å². The Hall–Kier alpha value is -2.30. The van der Waals surface area contributed by atoms with E-state index >= 15 is 0 Å². The molecule has 2 rings (SSSR count). The van der Waals surface area contributed by atoms with Gasteiger partial charge in [-0.3, -0.25) is 4.79 Å². The highest BCUT2D eigenvalue weighted by molar-refractivity contribution is 5.77. The van der Waals surface area contributed by atoms with Gasteiger partial charge in [0.05, 0.1) is 12.3 Å². The molecule has 4 nitrogen and oxygen atoms in total. The summed E-state index contributed by atoms with van der Waals surface area (Å²) >= 11 is 0. The maximum absolute atomic E-state index is 12.9. The van der Waals surface area contributed by atoms with E-state index in [1.54, 1.807) is 31.4 Å². The third kappa shape index (κ3) is 3.84. The largest absolute Gasteiger partial charge is 0.484 e. The zero-order valence-electron chi connectivity index (χ0n) is 10.4. The van der Waals surface area contributed by atoms with Crippen LogP contribution in [0.3, 0.4) is 0 Å². The first-order valence-corrected chi connectivity index (χ1v) is 5.86. The normalized spacial score (nSPS) is 11.9. The Bertz CT molecular complexity index is 539. The van der Waals surface area contributed by atoms with Gasteiger partial charge in [0.1, 0.15) is 17.3 Å². The first kappa shape index (κ1) is 13.1. The van der Waals surface area contributed by atoms with E-state index < -0.39 is 5.82 Å². The van der Waals surface area contributed by atoms with E-state index in [-0.39, 0.29) is 18.6 Å². The van der Waals surface area contributed by atoms with E-state index in [0.29, 0.717) is 11.5 Å². The number of carbonyl (C=O) groups excluding carboxylic acids is 1. The lowest BCUT2D eigenvalue weighted by Crippen LogP contribution is -2.31. The number of hydrogen-bond donors (Lipinski definition) is 1. The molecule has 0 fully saturated rings. The van der Waals surface area contributed by atoms with Crippen molar-refractivity contribution >= 4 is 5.91 Å². The maximum Gasteiger partial charge on any atom is 0.258 e. The highest BCUT2D eigenvalue weighted by Gasteiger charge is 2.12. The number of ether oxygens (including phenoxy) is 1. The van der Waals surface area contributed by atoms with E-state index in [9.17, 15) is 9.18 Å². The lowest BCUT2D eigenvalue weighted by Gasteiger charge is -2.12. The van der Waals surface area contributed by atoms with Gasteiger partial charge in [-0.05, 0) is 31.2 Å². The van der Waals surface area contributed by atoms with Crippen molar-refractivity contribution in [2.45, 2.75) is 13.0 Å². The van der Waals surface area contributed by atoms with E-state index in [4.69, 9.17) is 9.15 Å². The Morgan fingerprint density at radius 3 is 2.95 bits per heavy atom. The van der Waals surface area contributed by atoms with Crippen LogP contribution in [0.1, 0.15) is 18.7 Å². The van der Waals surface area contributed by atoms with Gasteiger partial charge in [0.2, 0.25) is 0 Å². The molecular weight excluding hydrogens is 249 g/mol. The van der Waals surface area contributed by atoms with E-state index in [0.717, 1.165) is 0 Å². The molecule has 0 bridgehead atoms. The zero-order chi connectivity index (χ0) is 13.7. The zero-order valence-corrected chi connectivity index (χ0v) is 10.4. The molecule has 0 saturated heterocycles. The van der Waals surface area contributed by atoms with Crippen LogP contribution in [0, 0.1) is 5.82 Å². The minimum absolute atomic E-state index is 0.172. The topological polar surface area (TPSA) is 51.5 Å². The third-order valence-electron chi connectivity index (χ3n) is 2.51. The average Bonchev–Trinajstić information content (AvgIpc) is 2.90. The fourth-order valence-corrected chi connectivity index (χ4v) is 1.60. The molecule has 0 aliphatic carbocycles. The Morgan fingerprint density at radius 1 is 1.42 bits per heavy atom. The predicted molar refractivity (Wildman–Crippen MR) is 67.2 cm³/mol. The molecule has 0 aliphatic heterocycles. The van der Waals surface area contributed by atoms with Crippen molar-refractivity contribution in [3.05, 3.63) is 54.2 Å². The Balaban J connectivity index is 1.82. The molecule has 0 unspecified atom stereocenters. The van der Waals surface area contributed by atoms with Crippen LogP contribution in [0.2, 0.25) is 0 Å². The van der Waals surface area contributed by atoms with Crippen LogP contribution in [0.25, 0.3) is 0 Å². The summed E-state index contributed by atoms with van der Waals surface area (Å²) < 4.78 is 23.2. The van der Waals surface area contributed by atoms with Crippen molar-refractivity contribution < 1.29 is 18.3 Å². The summed E-state index contributed by atoms with van der Waals surface area (Å²) in [4.78, 5) is 11.6. The summed E-state index contributed by atoms with van der Waals surface area (Å²) in [6.45, 7) is 1.63. The van der Waals surface area contributed by atoms with Gasteiger partial charge >= 0.3 is 0 Å². The molecule has 19 heavy (non-hydrogen) atoms. The molecular formula is C14H14FNO3. The van der Waals surface area contributed by atoms with Crippen molar-refractivity contribution in [3.8, 4) is 5.75 Å². The quantitative estimate of drug-likeness (QED) is 0.902. The molecule has 1 amide bonds. The number of nitrogens with one attached hydrogen (secondary N) is 1. The molecule has 1 atom stereocenters. The fraction of sp³-hybridized carbons (Fsp3) is 0.214. The van der Waals surface area contributed by atoms with Crippen molar-refractivity contribution in [3.63, 3.8) is 0 Å². The minimum atomic E-state index is -0.401. The summed E-state index contributed by atoms with van der Waals surface area (Å²) in [6, 6.07) is 8.94. The van der Waals surface area contributed by atoms with E-state index in [1.165, 1.54) is 18.2 Å². The monoisotopic (exact) mass is 263 g/mol. The molecule has 1 aromatic heterocycles. The lowest BCUT2D eigenvalue weighted by molar-refractivity contribution is -0.123. The van der Waals surface area contributed by atoms with Crippen molar-refractivity contribution in [1.29, 1.82) is 0 Å². The second-order valence-electron chi connectivity index (χ2n) is 4.05. The van der Waals surface area contributed by atoms with Crippen molar-refractivity contribution in [2.24, 2.45) is 0 Å². The third-order valence-corrected chi connectivity index (χ3v) is 2.51. The maximum atomic E-state index is 12.9. The van der Waals surface area contributed by atoms with E-state index in [1.807, 2.05) is 0 Å². The summed E-state index contributed by atoms with van der Waals surface area (Å²) in [5, 5.41) is 2.72. The molecule has 1 heterocycles. The summed E-state index contributed by atoms with van der Waals surface area (Å²) in [5.41, 5.74) is 0. The van der Waals surface area contributed by atoms with Gasteiger partial charge in [0.25, 0.3) is 5.91 Å². The van der Waals surface area contributed by atoms with Gasteiger partial charge in [-0.25, -0.2) is 4.39 Å². The summed E-state index contributed by atoms with van der Waals surface area (Å²) in [6.07, 6.45) is 1.54. The second kappa shape index (κ2) is 6.04. The molecule has 5 heteroatoms. The summed E-state index contributed by atoms with van der Waals surface area (Å²) in [7, 11) is 0. The molecule has 0 spiro atoms. The number of rotatable bonds is 5. The first-order chi connectivity index (χ1) is 9.15.